The number of aliphatic hydroxyl groups excluding tert-OH is 1. The molecule has 0 spiro atoms. The quantitative estimate of drug-likeness (QED) is 0.749. The molecule has 0 aliphatic heterocycles. The van der Waals surface area contributed by atoms with Gasteiger partial charge in [-0.25, -0.2) is 0 Å². The summed E-state index contributed by atoms with van der Waals surface area (Å²) in [6.45, 7) is 6.83. The molecule has 2 rings (SSSR count). The van der Waals surface area contributed by atoms with Crippen LogP contribution in [0, 0.1) is 0 Å². The Kier molecular flexibility index (Phi) is 4.31. The monoisotopic (exact) mass is 263 g/mol. The molecule has 1 aliphatic carbocycles. The minimum Gasteiger partial charge on any atom is -0.389 e. The SMILES string of the molecule is CCNc1nc(NC(C)C)nc(C2=CC(O)CC2)n1. The summed E-state index contributed by atoms with van der Waals surface area (Å²) in [5, 5.41) is 15.9. The van der Waals surface area contributed by atoms with Crippen LogP contribution < -0.4 is 10.6 Å². The first-order valence-electron chi connectivity index (χ1n) is 6.74. The van der Waals surface area contributed by atoms with Gasteiger partial charge in [0.2, 0.25) is 11.9 Å². The van der Waals surface area contributed by atoms with Crippen LogP contribution in [0.15, 0.2) is 6.08 Å². The molecule has 104 valence electrons. The molecule has 19 heavy (non-hydrogen) atoms. The number of nitrogens with one attached hydrogen (secondary N) is 2. The zero-order valence-electron chi connectivity index (χ0n) is 11.6. The van der Waals surface area contributed by atoms with Crippen molar-refractivity contribution in [3.05, 3.63) is 11.9 Å². The Bertz CT molecular complexity index is 472. The zero-order chi connectivity index (χ0) is 13.8. The van der Waals surface area contributed by atoms with Crippen LogP contribution in [-0.4, -0.2) is 38.7 Å². The number of hydrogen-bond donors (Lipinski definition) is 3. The predicted octanol–water partition coefficient (Wildman–Crippen LogP) is 1.66. The summed E-state index contributed by atoms with van der Waals surface area (Å²) in [5.41, 5.74) is 0.987. The van der Waals surface area contributed by atoms with Crippen molar-refractivity contribution in [2.24, 2.45) is 0 Å². The summed E-state index contributed by atoms with van der Waals surface area (Å²) < 4.78 is 0. The largest absolute Gasteiger partial charge is 0.389 e. The van der Waals surface area contributed by atoms with Crippen molar-refractivity contribution in [2.75, 3.05) is 17.2 Å². The Hall–Kier alpha value is -1.69. The van der Waals surface area contributed by atoms with E-state index in [0.717, 1.165) is 25.0 Å². The van der Waals surface area contributed by atoms with Crippen LogP contribution in [0.3, 0.4) is 0 Å². The fourth-order valence-corrected chi connectivity index (χ4v) is 1.97. The first-order valence-corrected chi connectivity index (χ1v) is 6.74. The van der Waals surface area contributed by atoms with Crippen LogP contribution in [0.2, 0.25) is 0 Å². The van der Waals surface area contributed by atoms with Crippen molar-refractivity contribution in [1.82, 2.24) is 15.0 Å². The normalized spacial score (nSPS) is 18.6. The summed E-state index contributed by atoms with van der Waals surface area (Å²) in [5.74, 6) is 1.78. The van der Waals surface area contributed by atoms with Crippen LogP contribution >= 0.6 is 0 Å². The fourth-order valence-electron chi connectivity index (χ4n) is 1.97. The lowest BCUT2D eigenvalue weighted by molar-refractivity contribution is 0.223. The maximum absolute atomic E-state index is 9.57. The topological polar surface area (TPSA) is 83.0 Å². The van der Waals surface area contributed by atoms with E-state index in [9.17, 15) is 5.11 Å². The number of nitrogens with zero attached hydrogens (tertiary/aromatic N) is 3. The molecule has 1 unspecified atom stereocenters. The number of allylic oxidation sites excluding steroid dienone is 1. The molecule has 1 aliphatic rings. The molecule has 6 heteroatoms. The molecular weight excluding hydrogens is 242 g/mol. The van der Waals surface area contributed by atoms with Crippen molar-refractivity contribution in [2.45, 2.75) is 45.8 Å². The minimum absolute atomic E-state index is 0.257. The third-order valence-electron chi connectivity index (χ3n) is 2.78. The van der Waals surface area contributed by atoms with Crippen LogP contribution in [0.5, 0.6) is 0 Å². The Labute approximate surface area is 113 Å². The number of hydrogen-bond acceptors (Lipinski definition) is 6. The van der Waals surface area contributed by atoms with Gasteiger partial charge in [-0.3, -0.25) is 0 Å². The van der Waals surface area contributed by atoms with Crippen LogP contribution in [-0.2, 0) is 0 Å². The predicted molar refractivity (Wildman–Crippen MR) is 76.0 cm³/mol. The lowest BCUT2D eigenvalue weighted by Crippen LogP contribution is -2.15. The van der Waals surface area contributed by atoms with E-state index >= 15 is 0 Å². The van der Waals surface area contributed by atoms with Gasteiger partial charge in [-0.2, -0.15) is 15.0 Å². The summed E-state index contributed by atoms with van der Waals surface area (Å²) in [7, 11) is 0. The van der Waals surface area contributed by atoms with Gasteiger partial charge >= 0.3 is 0 Å². The average molecular weight is 263 g/mol. The first-order chi connectivity index (χ1) is 9.08. The van der Waals surface area contributed by atoms with Crippen LogP contribution in [0.25, 0.3) is 5.57 Å². The Morgan fingerprint density at radius 2 is 2.05 bits per heavy atom. The molecule has 1 aromatic rings. The molecule has 6 nitrogen and oxygen atoms in total. The Balaban J connectivity index is 2.31. The van der Waals surface area contributed by atoms with E-state index in [1.54, 1.807) is 0 Å². The third kappa shape index (κ3) is 3.64. The lowest BCUT2D eigenvalue weighted by Gasteiger charge is -2.11. The standard InChI is InChI=1S/C13H21N5O/c1-4-14-12-16-11(9-5-6-10(19)7-9)17-13(18-12)15-8(2)3/h7-8,10,19H,4-6H2,1-3H3,(H2,14,15,16,17,18). The highest BCUT2D eigenvalue weighted by Crippen LogP contribution is 2.26. The summed E-state index contributed by atoms with van der Waals surface area (Å²) >= 11 is 0. The van der Waals surface area contributed by atoms with E-state index in [-0.39, 0.29) is 12.1 Å². The molecule has 0 aromatic carbocycles. The van der Waals surface area contributed by atoms with Crippen molar-refractivity contribution in [3.63, 3.8) is 0 Å². The fraction of sp³-hybridized carbons (Fsp3) is 0.615. The molecule has 1 atom stereocenters. The van der Waals surface area contributed by atoms with E-state index in [0.29, 0.717) is 17.7 Å². The average Bonchev–Trinajstić information content (AvgIpc) is 2.75. The molecule has 0 saturated carbocycles. The zero-order valence-corrected chi connectivity index (χ0v) is 11.6. The number of aromatic nitrogens is 3. The van der Waals surface area contributed by atoms with Crippen molar-refractivity contribution < 1.29 is 5.11 Å². The highest BCUT2D eigenvalue weighted by molar-refractivity contribution is 5.64. The van der Waals surface area contributed by atoms with E-state index in [1.807, 2.05) is 26.8 Å². The molecule has 3 N–H and O–H groups in total. The first kappa shape index (κ1) is 13.7. The van der Waals surface area contributed by atoms with Gasteiger partial charge in [-0.1, -0.05) is 0 Å². The van der Waals surface area contributed by atoms with Crippen molar-refractivity contribution in [3.8, 4) is 0 Å². The molecule has 1 heterocycles. The second-order valence-electron chi connectivity index (χ2n) is 4.93. The van der Waals surface area contributed by atoms with Gasteiger partial charge in [0.15, 0.2) is 5.82 Å². The van der Waals surface area contributed by atoms with Gasteiger partial charge in [0.05, 0.1) is 6.10 Å². The summed E-state index contributed by atoms with van der Waals surface area (Å²) in [4.78, 5) is 13.1. The van der Waals surface area contributed by atoms with Gasteiger partial charge in [-0.15, -0.1) is 0 Å². The third-order valence-corrected chi connectivity index (χ3v) is 2.78. The van der Waals surface area contributed by atoms with Crippen molar-refractivity contribution >= 4 is 17.5 Å². The molecule has 1 aromatic heterocycles. The van der Waals surface area contributed by atoms with Gasteiger partial charge in [-0.05, 0) is 45.3 Å². The molecule has 0 amide bonds. The second kappa shape index (κ2) is 5.97. The highest BCUT2D eigenvalue weighted by Gasteiger charge is 2.18. The van der Waals surface area contributed by atoms with E-state index in [2.05, 4.69) is 25.6 Å². The molecule has 0 radical (unpaired) electrons. The lowest BCUT2D eigenvalue weighted by atomic mass is 10.2. The number of aliphatic hydroxyl groups is 1. The van der Waals surface area contributed by atoms with E-state index in [4.69, 9.17) is 0 Å². The second-order valence-corrected chi connectivity index (χ2v) is 4.93. The molecular formula is C13H21N5O. The smallest absolute Gasteiger partial charge is 0.228 e. The molecule has 0 saturated heterocycles. The van der Waals surface area contributed by atoms with Gasteiger partial charge in [0.1, 0.15) is 0 Å². The summed E-state index contributed by atoms with van der Waals surface area (Å²) in [6, 6.07) is 0.257. The van der Waals surface area contributed by atoms with Crippen LogP contribution in [0.1, 0.15) is 39.4 Å². The van der Waals surface area contributed by atoms with E-state index < -0.39 is 0 Å². The molecule has 0 fully saturated rings. The van der Waals surface area contributed by atoms with Gasteiger partial charge < -0.3 is 15.7 Å². The highest BCUT2D eigenvalue weighted by atomic mass is 16.3. The number of rotatable bonds is 5. The maximum atomic E-state index is 9.57. The van der Waals surface area contributed by atoms with Gasteiger partial charge in [0.25, 0.3) is 0 Å². The number of anilines is 2. The minimum atomic E-state index is -0.379. The summed E-state index contributed by atoms with van der Waals surface area (Å²) in [6.07, 6.45) is 2.99. The Morgan fingerprint density at radius 3 is 2.63 bits per heavy atom. The van der Waals surface area contributed by atoms with Crippen LogP contribution in [0.4, 0.5) is 11.9 Å². The van der Waals surface area contributed by atoms with E-state index in [1.165, 1.54) is 0 Å². The van der Waals surface area contributed by atoms with Crippen molar-refractivity contribution in [1.29, 1.82) is 0 Å². The maximum Gasteiger partial charge on any atom is 0.228 e. The van der Waals surface area contributed by atoms with Gasteiger partial charge in [0, 0.05) is 12.6 Å². The Morgan fingerprint density at radius 1 is 1.32 bits per heavy atom. The molecule has 0 bridgehead atoms.